The van der Waals surface area contributed by atoms with Gasteiger partial charge in [-0.05, 0) is 37.6 Å². The first kappa shape index (κ1) is 15.3. The Morgan fingerprint density at radius 1 is 1.13 bits per heavy atom. The molecule has 1 heterocycles. The second-order valence-corrected chi connectivity index (χ2v) is 5.79. The van der Waals surface area contributed by atoms with E-state index in [4.69, 9.17) is 4.74 Å². The number of carbonyl (C=O) groups excluding carboxylic acids is 2. The SMILES string of the molecule is Cc1ccc(OCC(=O)N2CCC(=O)c3cccc(C)c32)cc1. The highest BCUT2D eigenvalue weighted by molar-refractivity contribution is 6.09. The molecule has 118 valence electrons. The minimum absolute atomic E-state index is 0.0367. The molecule has 2 aromatic rings. The van der Waals surface area contributed by atoms with E-state index in [1.807, 2.05) is 50.2 Å². The van der Waals surface area contributed by atoms with Crippen molar-refractivity contribution in [3.05, 3.63) is 59.2 Å². The topological polar surface area (TPSA) is 46.6 Å². The van der Waals surface area contributed by atoms with Gasteiger partial charge in [0.1, 0.15) is 5.75 Å². The van der Waals surface area contributed by atoms with Crippen LogP contribution in [0.2, 0.25) is 0 Å². The van der Waals surface area contributed by atoms with Crippen LogP contribution in [0, 0.1) is 13.8 Å². The van der Waals surface area contributed by atoms with Crippen LogP contribution in [0.25, 0.3) is 0 Å². The number of hydrogen-bond donors (Lipinski definition) is 0. The normalized spacial score (nSPS) is 13.7. The Balaban J connectivity index is 1.77. The van der Waals surface area contributed by atoms with Crippen LogP contribution in [0.4, 0.5) is 5.69 Å². The monoisotopic (exact) mass is 309 g/mol. The Morgan fingerprint density at radius 2 is 1.87 bits per heavy atom. The molecule has 0 aromatic heterocycles. The fourth-order valence-corrected chi connectivity index (χ4v) is 2.81. The number of amides is 1. The largest absolute Gasteiger partial charge is 0.484 e. The molecule has 4 nitrogen and oxygen atoms in total. The summed E-state index contributed by atoms with van der Waals surface area (Å²) in [6.07, 6.45) is 0.354. The smallest absolute Gasteiger partial charge is 0.264 e. The number of para-hydroxylation sites is 1. The molecule has 0 radical (unpaired) electrons. The van der Waals surface area contributed by atoms with Crippen molar-refractivity contribution >= 4 is 17.4 Å². The summed E-state index contributed by atoms with van der Waals surface area (Å²) in [5.74, 6) is 0.628. The predicted molar refractivity (Wildman–Crippen MR) is 89.2 cm³/mol. The molecule has 0 N–H and O–H groups in total. The zero-order chi connectivity index (χ0) is 16.4. The molecular weight excluding hydrogens is 290 g/mol. The van der Waals surface area contributed by atoms with Gasteiger partial charge in [0.05, 0.1) is 5.69 Å². The number of ether oxygens (including phenoxy) is 1. The van der Waals surface area contributed by atoms with E-state index < -0.39 is 0 Å². The Bertz CT molecular complexity index is 750. The van der Waals surface area contributed by atoms with Crippen LogP contribution in [0.15, 0.2) is 42.5 Å². The van der Waals surface area contributed by atoms with Gasteiger partial charge in [-0.15, -0.1) is 0 Å². The van der Waals surface area contributed by atoms with Crippen LogP contribution in [-0.4, -0.2) is 24.8 Å². The first-order valence-electron chi connectivity index (χ1n) is 7.69. The lowest BCUT2D eigenvalue weighted by Gasteiger charge is -2.30. The number of benzene rings is 2. The number of ketones is 1. The second-order valence-electron chi connectivity index (χ2n) is 5.79. The summed E-state index contributed by atoms with van der Waals surface area (Å²) in [5, 5.41) is 0. The summed E-state index contributed by atoms with van der Waals surface area (Å²) < 4.78 is 5.58. The van der Waals surface area contributed by atoms with E-state index in [0.717, 1.165) is 16.8 Å². The Labute approximate surface area is 135 Å². The third-order valence-corrected chi connectivity index (χ3v) is 4.05. The van der Waals surface area contributed by atoms with Gasteiger partial charge in [0, 0.05) is 18.5 Å². The highest BCUT2D eigenvalue weighted by Gasteiger charge is 2.28. The molecule has 0 fully saturated rings. The quantitative estimate of drug-likeness (QED) is 0.874. The van der Waals surface area contributed by atoms with Crippen LogP contribution < -0.4 is 9.64 Å². The van der Waals surface area contributed by atoms with Gasteiger partial charge in [-0.2, -0.15) is 0 Å². The number of Topliss-reactive ketones (excluding diaryl/α,β-unsaturated/α-hetero) is 1. The molecule has 3 rings (SSSR count). The molecule has 0 bridgehead atoms. The minimum atomic E-state index is -0.131. The van der Waals surface area contributed by atoms with Crippen molar-refractivity contribution in [2.45, 2.75) is 20.3 Å². The van der Waals surface area contributed by atoms with Gasteiger partial charge in [-0.3, -0.25) is 9.59 Å². The van der Waals surface area contributed by atoms with Gasteiger partial charge in [-0.1, -0.05) is 29.8 Å². The Hall–Kier alpha value is -2.62. The van der Waals surface area contributed by atoms with E-state index in [2.05, 4.69) is 0 Å². The third-order valence-electron chi connectivity index (χ3n) is 4.05. The lowest BCUT2D eigenvalue weighted by Crippen LogP contribution is -2.40. The molecule has 23 heavy (non-hydrogen) atoms. The highest BCUT2D eigenvalue weighted by Crippen LogP contribution is 2.30. The minimum Gasteiger partial charge on any atom is -0.484 e. The highest BCUT2D eigenvalue weighted by atomic mass is 16.5. The maximum absolute atomic E-state index is 12.5. The van der Waals surface area contributed by atoms with E-state index in [-0.39, 0.29) is 18.3 Å². The zero-order valence-corrected chi connectivity index (χ0v) is 13.3. The molecule has 0 saturated heterocycles. The fourth-order valence-electron chi connectivity index (χ4n) is 2.81. The van der Waals surface area contributed by atoms with Gasteiger partial charge in [0.15, 0.2) is 12.4 Å². The number of fused-ring (bicyclic) bond motifs is 1. The number of hydrogen-bond acceptors (Lipinski definition) is 3. The van der Waals surface area contributed by atoms with E-state index >= 15 is 0 Å². The zero-order valence-electron chi connectivity index (χ0n) is 13.3. The molecule has 0 saturated carbocycles. The molecule has 0 spiro atoms. The van der Waals surface area contributed by atoms with E-state index in [0.29, 0.717) is 24.3 Å². The van der Waals surface area contributed by atoms with Crippen molar-refractivity contribution in [2.75, 3.05) is 18.1 Å². The summed E-state index contributed by atoms with van der Waals surface area (Å²) in [7, 11) is 0. The first-order valence-corrected chi connectivity index (χ1v) is 7.69. The molecule has 0 atom stereocenters. The average Bonchev–Trinajstić information content (AvgIpc) is 2.55. The van der Waals surface area contributed by atoms with E-state index in [1.54, 1.807) is 11.0 Å². The van der Waals surface area contributed by atoms with Crippen molar-refractivity contribution in [1.82, 2.24) is 0 Å². The maximum Gasteiger partial charge on any atom is 0.264 e. The summed E-state index contributed by atoms with van der Waals surface area (Å²) in [6.45, 7) is 4.29. The standard InChI is InChI=1S/C19H19NO3/c1-13-6-8-15(9-7-13)23-12-18(22)20-11-10-17(21)16-5-3-4-14(2)19(16)20/h3-9H,10-12H2,1-2H3. The second kappa shape index (κ2) is 6.24. The number of nitrogens with zero attached hydrogens (tertiary/aromatic N) is 1. The average molecular weight is 309 g/mol. The molecule has 1 aliphatic rings. The van der Waals surface area contributed by atoms with E-state index in [1.165, 1.54) is 0 Å². The number of anilines is 1. The molecule has 4 heteroatoms. The third kappa shape index (κ3) is 3.11. The summed E-state index contributed by atoms with van der Waals surface area (Å²) in [6, 6.07) is 13.1. The Morgan fingerprint density at radius 3 is 2.61 bits per heavy atom. The molecule has 1 amide bonds. The summed E-state index contributed by atoms with van der Waals surface area (Å²) >= 11 is 0. The number of carbonyl (C=O) groups is 2. The predicted octanol–water partition coefficient (Wildman–Crippen LogP) is 3.30. The summed E-state index contributed by atoms with van der Waals surface area (Å²) in [4.78, 5) is 26.3. The van der Waals surface area contributed by atoms with Crippen LogP contribution in [0.5, 0.6) is 5.75 Å². The van der Waals surface area contributed by atoms with Crippen molar-refractivity contribution in [3.63, 3.8) is 0 Å². The molecule has 1 aliphatic heterocycles. The fraction of sp³-hybridized carbons (Fsp3) is 0.263. The van der Waals surface area contributed by atoms with Gasteiger partial charge >= 0.3 is 0 Å². The van der Waals surface area contributed by atoms with E-state index in [9.17, 15) is 9.59 Å². The number of rotatable bonds is 3. The van der Waals surface area contributed by atoms with Crippen molar-refractivity contribution < 1.29 is 14.3 Å². The lowest BCUT2D eigenvalue weighted by atomic mass is 9.97. The first-order chi connectivity index (χ1) is 11.1. The molecule has 0 aliphatic carbocycles. The molecule has 0 unspecified atom stereocenters. The van der Waals surface area contributed by atoms with Crippen molar-refractivity contribution in [3.8, 4) is 5.75 Å². The van der Waals surface area contributed by atoms with Gasteiger partial charge < -0.3 is 9.64 Å². The lowest BCUT2D eigenvalue weighted by molar-refractivity contribution is -0.120. The van der Waals surface area contributed by atoms with Crippen LogP contribution in [-0.2, 0) is 4.79 Å². The van der Waals surface area contributed by atoms with Gasteiger partial charge in [-0.25, -0.2) is 0 Å². The van der Waals surface area contributed by atoms with Crippen LogP contribution in [0.1, 0.15) is 27.9 Å². The maximum atomic E-state index is 12.5. The molecular formula is C19H19NO3. The summed E-state index contributed by atoms with van der Waals surface area (Å²) in [5.41, 5.74) is 3.42. The molecule has 2 aromatic carbocycles. The van der Waals surface area contributed by atoms with Crippen LogP contribution >= 0.6 is 0 Å². The van der Waals surface area contributed by atoms with Crippen molar-refractivity contribution in [2.24, 2.45) is 0 Å². The van der Waals surface area contributed by atoms with Crippen LogP contribution in [0.3, 0.4) is 0 Å². The van der Waals surface area contributed by atoms with Gasteiger partial charge in [0.25, 0.3) is 5.91 Å². The number of aryl methyl sites for hydroxylation is 2. The Kier molecular flexibility index (Phi) is 4.15. The van der Waals surface area contributed by atoms with Crippen molar-refractivity contribution in [1.29, 1.82) is 0 Å². The van der Waals surface area contributed by atoms with Gasteiger partial charge in [0.2, 0.25) is 0 Å².